The molecule has 0 saturated carbocycles. The van der Waals surface area contributed by atoms with Crippen molar-refractivity contribution in [3.63, 3.8) is 0 Å². The molecule has 21 heavy (non-hydrogen) atoms. The molecule has 3 heterocycles. The molecule has 0 unspecified atom stereocenters. The van der Waals surface area contributed by atoms with Gasteiger partial charge in [0.1, 0.15) is 6.04 Å². The van der Waals surface area contributed by atoms with E-state index in [0.29, 0.717) is 18.3 Å². The molecule has 0 aliphatic carbocycles. The summed E-state index contributed by atoms with van der Waals surface area (Å²) < 4.78 is 12.8. The van der Waals surface area contributed by atoms with E-state index in [-0.39, 0.29) is 6.04 Å². The summed E-state index contributed by atoms with van der Waals surface area (Å²) in [5, 5.41) is 8.39. The maximum absolute atomic E-state index is 5.59. The van der Waals surface area contributed by atoms with Crippen LogP contribution in [0.15, 0.2) is 10.7 Å². The Morgan fingerprint density at radius 3 is 3.00 bits per heavy atom. The molecule has 2 aromatic heterocycles. The van der Waals surface area contributed by atoms with Gasteiger partial charge in [0.05, 0.1) is 18.9 Å². The molecule has 3 rings (SSSR count). The van der Waals surface area contributed by atoms with Crippen molar-refractivity contribution in [2.75, 3.05) is 19.8 Å². The Bertz CT molecular complexity index is 606. The lowest BCUT2D eigenvalue weighted by Crippen LogP contribution is -2.39. The second kappa shape index (κ2) is 5.95. The number of nitrogens with zero attached hydrogens (tertiary/aromatic N) is 5. The summed E-state index contributed by atoms with van der Waals surface area (Å²) >= 11 is 0. The summed E-state index contributed by atoms with van der Waals surface area (Å²) in [6, 6.07) is 0.0184. The van der Waals surface area contributed by atoms with Crippen LogP contribution in [0.1, 0.15) is 35.9 Å². The fourth-order valence-corrected chi connectivity index (χ4v) is 2.74. The number of aromatic nitrogens is 4. The van der Waals surface area contributed by atoms with Crippen LogP contribution in [0.25, 0.3) is 0 Å². The highest BCUT2D eigenvalue weighted by Crippen LogP contribution is 2.25. The molecule has 1 saturated heterocycles. The zero-order valence-corrected chi connectivity index (χ0v) is 12.7. The van der Waals surface area contributed by atoms with Crippen LogP contribution in [0.5, 0.6) is 0 Å². The van der Waals surface area contributed by atoms with Gasteiger partial charge in [-0.15, -0.1) is 0 Å². The van der Waals surface area contributed by atoms with E-state index in [2.05, 4.69) is 33.3 Å². The van der Waals surface area contributed by atoms with Crippen LogP contribution in [0.3, 0.4) is 0 Å². The third kappa shape index (κ3) is 2.98. The first-order valence-electron chi connectivity index (χ1n) is 7.30. The Balaban J connectivity index is 1.81. The largest absolute Gasteiger partial charge is 0.378 e. The molecule has 1 fully saturated rings. The predicted molar refractivity (Wildman–Crippen MR) is 75.6 cm³/mol. The fourth-order valence-electron chi connectivity index (χ4n) is 2.74. The normalized spacial score (nSPS) is 20.0. The molecule has 0 N–H and O–H groups in total. The third-order valence-electron chi connectivity index (χ3n) is 3.77. The molecule has 114 valence electrons. The minimum atomic E-state index is 0.0184. The van der Waals surface area contributed by atoms with E-state index < -0.39 is 0 Å². The second-order valence-corrected chi connectivity index (χ2v) is 5.37. The first-order chi connectivity index (χ1) is 10.2. The summed E-state index contributed by atoms with van der Waals surface area (Å²) in [5.74, 6) is 1.29. The van der Waals surface area contributed by atoms with Crippen LogP contribution >= 0.6 is 0 Å². The van der Waals surface area contributed by atoms with Crippen LogP contribution in [0.4, 0.5) is 0 Å². The molecule has 2 aromatic rings. The lowest BCUT2D eigenvalue weighted by atomic mass is 10.1. The Morgan fingerprint density at radius 2 is 2.29 bits per heavy atom. The molecule has 1 aliphatic heterocycles. The summed E-state index contributed by atoms with van der Waals surface area (Å²) in [7, 11) is 1.96. The maximum Gasteiger partial charge on any atom is 0.246 e. The Kier molecular flexibility index (Phi) is 4.03. The van der Waals surface area contributed by atoms with Gasteiger partial charge in [0.2, 0.25) is 5.89 Å². The van der Waals surface area contributed by atoms with Crippen molar-refractivity contribution < 1.29 is 9.26 Å². The van der Waals surface area contributed by atoms with Gasteiger partial charge >= 0.3 is 0 Å². The van der Waals surface area contributed by atoms with Crippen molar-refractivity contribution in [3.8, 4) is 0 Å². The molecular formula is C14H21N5O2. The Labute approximate surface area is 123 Å². The van der Waals surface area contributed by atoms with Gasteiger partial charge in [-0.05, 0) is 13.3 Å². The van der Waals surface area contributed by atoms with E-state index in [9.17, 15) is 0 Å². The van der Waals surface area contributed by atoms with E-state index in [1.807, 2.05) is 18.7 Å². The van der Waals surface area contributed by atoms with Crippen molar-refractivity contribution in [2.24, 2.45) is 7.05 Å². The molecule has 7 heteroatoms. The average Bonchev–Trinajstić information content (AvgIpc) is 3.05. The Hall–Kier alpha value is -1.73. The standard InChI is InChI=1S/C14H21N5O2/c1-4-12-11(7-18(3)16-12)8-19-5-6-20-9-13(19)14-15-10(2)17-21-14/h7,13H,4-6,8-9H2,1-3H3/t13-/m1/s1. The van der Waals surface area contributed by atoms with Gasteiger partial charge in [0, 0.05) is 31.9 Å². The minimum Gasteiger partial charge on any atom is -0.378 e. The van der Waals surface area contributed by atoms with E-state index in [1.54, 1.807) is 0 Å². The molecular weight excluding hydrogens is 270 g/mol. The fraction of sp³-hybridized carbons (Fsp3) is 0.643. The molecule has 0 bridgehead atoms. The smallest absolute Gasteiger partial charge is 0.246 e. The summed E-state index contributed by atoms with van der Waals surface area (Å²) in [5.41, 5.74) is 2.40. The molecule has 1 aliphatic rings. The number of hydrogen-bond donors (Lipinski definition) is 0. The number of rotatable bonds is 4. The minimum absolute atomic E-state index is 0.0184. The quantitative estimate of drug-likeness (QED) is 0.844. The zero-order chi connectivity index (χ0) is 14.8. The van der Waals surface area contributed by atoms with Crippen LogP contribution in [-0.4, -0.2) is 44.6 Å². The monoisotopic (exact) mass is 291 g/mol. The van der Waals surface area contributed by atoms with Crippen molar-refractivity contribution >= 4 is 0 Å². The van der Waals surface area contributed by atoms with Crippen molar-refractivity contribution in [1.29, 1.82) is 0 Å². The highest BCUT2D eigenvalue weighted by atomic mass is 16.5. The number of morpholine rings is 1. The summed E-state index contributed by atoms with van der Waals surface area (Å²) in [6.45, 7) is 6.95. The SMILES string of the molecule is CCc1nn(C)cc1CN1CCOC[C@@H]1c1nc(C)no1. The topological polar surface area (TPSA) is 69.2 Å². The molecule has 7 nitrogen and oxygen atoms in total. The van der Waals surface area contributed by atoms with E-state index in [0.717, 1.165) is 31.8 Å². The van der Waals surface area contributed by atoms with Crippen molar-refractivity contribution in [2.45, 2.75) is 32.9 Å². The van der Waals surface area contributed by atoms with Crippen molar-refractivity contribution in [1.82, 2.24) is 24.8 Å². The average molecular weight is 291 g/mol. The van der Waals surface area contributed by atoms with Crippen LogP contribution in [0.2, 0.25) is 0 Å². The zero-order valence-electron chi connectivity index (χ0n) is 12.7. The first kappa shape index (κ1) is 14.2. The first-order valence-corrected chi connectivity index (χ1v) is 7.30. The maximum atomic E-state index is 5.59. The van der Waals surface area contributed by atoms with E-state index in [1.165, 1.54) is 5.56 Å². The van der Waals surface area contributed by atoms with Crippen LogP contribution < -0.4 is 0 Å². The summed E-state index contributed by atoms with van der Waals surface area (Å²) in [4.78, 5) is 6.68. The van der Waals surface area contributed by atoms with Crippen LogP contribution in [-0.2, 0) is 24.8 Å². The van der Waals surface area contributed by atoms with Crippen LogP contribution in [0, 0.1) is 6.92 Å². The molecule has 0 spiro atoms. The lowest BCUT2D eigenvalue weighted by Gasteiger charge is -2.33. The van der Waals surface area contributed by atoms with Gasteiger partial charge in [-0.3, -0.25) is 9.58 Å². The van der Waals surface area contributed by atoms with Gasteiger partial charge in [0.25, 0.3) is 0 Å². The Morgan fingerprint density at radius 1 is 1.43 bits per heavy atom. The predicted octanol–water partition coefficient (Wildman–Crippen LogP) is 1.25. The molecule has 1 atom stereocenters. The van der Waals surface area contributed by atoms with E-state index in [4.69, 9.17) is 9.26 Å². The third-order valence-corrected chi connectivity index (χ3v) is 3.77. The van der Waals surface area contributed by atoms with E-state index >= 15 is 0 Å². The highest BCUT2D eigenvalue weighted by molar-refractivity contribution is 5.17. The number of hydrogen-bond acceptors (Lipinski definition) is 6. The van der Waals surface area contributed by atoms with Gasteiger partial charge in [-0.1, -0.05) is 12.1 Å². The molecule has 0 radical (unpaired) electrons. The van der Waals surface area contributed by atoms with Gasteiger partial charge in [-0.2, -0.15) is 10.1 Å². The van der Waals surface area contributed by atoms with Gasteiger partial charge in [0.15, 0.2) is 5.82 Å². The van der Waals surface area contributed by atoms with Gasteiger partial charge < -0.3 is 9.26 Å². The second-order valence-electron chi connectivity index (χ2n) is 5.37. The number of ether oxygens (including phenoxy) is 1. The lowest BCUT2D eigenvalue weighted by molar-refractivity contribution is -0.0242. The molecule has 0 aromatic carbocycles. The number of aryl methyl sites for hydroxylation is 3. The highest BCUT2D eigenvalue weighted by Gasteiger charge is 2.30. The van der Waals surface area contributed by atoms with Crippen molar-refractivity contribution in [3.05, 3.63) is 29.2 Å². The molecule has 0 amide bonds. The summed E-state index contributed by atoms with van der Waals surface area (Å²) in [6.07, 6.45) is 3.02. The van der Waals surface area contributed by atoms with Gasteiger partial charge in [-0.25, -0.2) is 0 Å².